The second-order valence-corrected chi connectivity index (χ2v) is 4.01. The number of hydrogen-bond acceptors (Lipinski definition) is 4. The highest BCUT2D eigenvalue weighted by atomic mass is 35.5. The van der Waals surface area contributed by atoms with Crippen LogP contribution in [0.25, 0.3) is 0 Å². The maximum Gasteiger partial charge on any atom is 0.365 e. The van der Waals surface area contributed by atoms with E-state index in [1.54, 1.807) is 18.2 Å². The smallest absolute Gasteiger partial charge is 0.358 e. The average Bonchev–Trinajstić information content (AvgIpc) is 2.63. The van der Waals surface area contributed by atoms with E-state index in [1.165, 1.54) is 6.33 Å². The summed E-state index contributed by atoms with van der Waals surface area (Å²) in [6.45, 7) is 0. The molecule has 88 valence electrons. The number of imidazole rings is 1. The van der Waals surface area contributed by atoms with Gasteiger partial charge in [0.1, 0.15) is 0 Å². The zero-order valence-corrected chi connectivity index (χ0v) is 9.79. The van der Waals surface area contributed by atoms with Crippen molar-refractivity contribution < 1.29 is 4.92 Å². The normalized spacial score (nSPS) is 10.2. The number of halogens is 2. The van der Waals surface area contributed by atoms with E-state index in [9.17, 15) is 10.1 Å². The third-order valence-corrected chi connectivity index (χ3v) is 2.36. The zero-order valence-electron chi connectivity index (χ0n) is 8.28. The first-order valence-electron chi connectivity index (χ1n) is 4.47. The van der Waals surface area contributed by atoms with Gasteiger partial charge in [0.15, 0.2) is 6.33 Å². The number of nitro groups is 1. The molecule has 2 N–H and O–H groups in total. The Bertz CT molecular complexity index is 550. The Kier molecular flexibility index (Phi) is 3.16. The number of nitrogens with zero attached hydrogens (tertiary/aromatic N) is 2. The number of benzene rings is 1. The first kappa shape index (κ1) is 11.7. The Labute approximate surface area is 106 Å². The molecule has 0 radical (unpaired) electrons. The van der Waals surface area contributed by atoms with Gasteiger partial charge < -0.3 is 15.4 Å². The number of aromatic amines is 1. The molecule has 0 saturated heterocycles. The number of H-pyrrole nitrogens is 1. The molecule has 0 atom stereocenters. The quantitative estimate of drug-likeness (QED) is 0.663. The first-order valence-corrected chi connectivity index (χ1v) is 5.23. The summed E-state index contributed by atoms with van der Waals surface area (Å²) in [5.74, 6) is -0.116. The summed E-state index contributed by atoms with van der Waals surface area (Å²) >= 11 is 11.6. The van der Waals surface area contributed by atoms with Crippen LogP contribution >= 0.6 is 23.2 Å². The van der Waals surface area contributed by atoms with Gasteiger partial charge in [0, 0.05) is 15.7 Å². The molecule has 2 rings (SSSR count). The second-order valence-electron chi connectivity index (χ2n) is 3.14. The molecular formula is C9H6Cl2N4O2. The fraction of sp³-hybridized carbons (Fsp3) is 0. The van der Waals surface area contributed by atoms with Gasteiger partial charge in [-0.05, 0) is 23.1 Å². The molecule has 0 amide bonds. The molecule has 0 aliphatic carbocycles. The molecule has 0 aliphatic heterocycles. The van der Waals surface area contributed by atoms with Crippen LogP contribution in [0.1, 0.15) is 0 Å². The van der Waals surface area contributed by atoms with Crippen molar-refractivity contribution in [1.82, 2.24) is 9.97 Å². The van der Waals surface area contributed by atoms with E-state index in [0.29, 0.717) is 15.7 Å². The van der Waals surface area contributed by atoms with Crippen molar-refractivity contribution in [2.45, 2.75) is 0 Å². The number of aromatic nitrogens is 2. The van der Waals surface area contributed by atoms with E-state index in [-0.39, 0.29) is 11.6 Å². The van der Waals surface area contributed by atoms with E-state index in [4.69, 9.17) is 23.2 Å². The van der Waals surface area contributed by atoms with Gasteiger partial charge in [0.2, 0.25) is 5.82 Å². The minimum atomic E-state index is -0.568. The van der Waals surface area contributed by atoms with E-state index in [1.807, 2.05) is 0 Å². The fourth-order valence-corrected chi connectivity index (χ4v) is 1.81. The van der Waals surface area contributed by atoms with Crippen molar-refractivity contribution in [3.05, 3.63) is 44.7 Å². The van der Waals surface area contributed by atoms with E-state index >= 15 is 0 Å². The molecule has 0 aliphatic rings. The Hall–Kier alpha value is -1.79. The van der Waals surface area contributed by atoms with Crippen LogP contribution in [-0.4, -0.2) is 14.9 Å². The molecule has 8 heteroatoms. The summed E-state index contributed by atoms with van der Waals surface area (Å²) in [5, 5.41) is 14.3. The average molecular weight is 273 g/mol. The summed E-state index contributed by atoms with van der Waals surface area (Å²) in [5.41, 5.74) is 0.526. The van der Waals surface area contributed by atoms with Gasteiger partial charge in [-0.2, -0.15) is 4.98 Å². The van der Waals surface area contributed by atoms with Crippen LogP contribution in [-0.2, 0) is 0 Å². The third-order valence-electron chi connectivity index (χ3n) is 1.93. The number of nitrogens with one attached hydrogen (secondary N) is 2. The maximum absolute atomic E-state index is 10.6. The summed E-state index contributed by atoms with van der Waals surface area (Å²) in [6, 6.07) is 4.74. The van der Waals surface area contributed by atoms with Crippen molar-refractivity contribution in [2.24, 2.45) is 0 Å². The van der Waals surface area contributed by atoms with Crippen molar-refractivity contribution in [2.75, 3.05) is 5.32 Å². The second kappa shape index (κ2) is 4.60. The van der Waals surface area contributed by atoms with Crippen LogP contribution < -0.4 is 5.32 Å². The largest absolute Gasteiger partial charge is 0.365 e. The highest BCUT2D eigenvalue weighted by Crippen LogP contribution is 2.27. The van der Waals surface area contributed by atoms with Crippen LogP contribution in [0, 0.1) is 10.1 Å². The van der Waals surface area contributed by atoms with Gasteiger partial charge in [-0.25, -0.2) is 4.98 Å². The Morgan fingerprint density at radius 3 is 2.53 bits per heavy atom. The third kappa shape index (κ3) is 2.66. The lowest BCUT2D eigenvalue weighted by Gasteiger charge is -2.04. The minimum absolute atomic E-state index is 0.105. The minimum Gasteiger partial charge on any atom is -0.358 e. The lowest BCUT2D eigenvalue weighted by atomic mass is 10.3. The molecule has 6 nitrogen and oxygen atoms in total. The van der Waals surface area contributed by atoms with Gasteiger partial charge >= 0.3 is 5.82 Å². The molecule has 17 heavy (non-hydrogen) atoms. The van der Waals surface area contributed by atoms with Crippen LogP contribution in [0.3, 0.4) is 0 Å². The Morgan fingerprint density at radius 2 is 1.94 bits per heavy atom. The highest BCUT2D eigenvalue weighted by Gasteiger charge is 2.15. The van der Waals surface area contributed by atoms with E-state index < -0.39 is 4.92 Å². The number of hydrogen-bond donors (Lipinski definition) is 2. The van der Waals surface area contributed by atoms with Crippen LogP contribution in [0.15, 0.2) is 24.5 Å². The molecule has 0 spiro atoms. The highest BCUT2D eigenvalue weighted by molar-refractivity contribution is 6.35. The Balaban J connectivity index is 2.31. The van der Waals surface area contributed by atoms with Gasteiger partial charge in [-0.15, -0.1) is 0 Å². The lowest BCUT2D eigenvalue weighted by molar-refractivity contribution is -0.388. The summed E-state index contributed by atoms with van der Waals surface area (Å²) in [7, 11) is 0. The predicted molar refractivity (Wildman–Crippen MR) is 65.0 cm³/mol. The van der Waals surface area contributed by atoms with Crippen LogP contribution in [0.2, 0.25) is 10.0 Å². The summed E-state index contributed by atoms with van der Waals surface area (Å²) in [6.07, 6.45) is 1.23. The van der Waals surface area contributed by atoms with Crippen LogP contribution in [0.5, 0.6) is 0 Å². The van der Waals surface area contributed by atoms with Crippen molar-refractivity contribution in [1.29, 1.82) is 0 Å². The molecule has 1 aromatic heterocycles. The van der Waals surface area contributed by atoms with Crippen LogP contribution in [0.4, 0.5) is 17.3 Å². The van der Waals surface area contributed by atoms with Gasteiger partial charge in [0.05, 0.1) is 0 Å². The van der Waals surface area contributed by atoms with Gasteiger partial charge in [-0.1, -0.05) is 23.2 Å². The molecule has 2 aromatic rings. The van der Waals surface area contributed by atoms with E-state index in [2.05, 4.69) is 15.3 Å². The molecule has 0 bridgehead atoms. The molecular weight excluding hydrogens is 267 g/mol. The van der Waals surface area contributed by atoms with Crippen molar-refractivity contribution in [3.63, 3.8) is 0 Å². The fourth-order valence-electron chi connectivity index (χ4n) is 1.28. The number of rotatable bonds is 3. The standard InChI is InChI=1S/C9H6Cl2N4O2/c10-5-1-6(11)3-7(2-5)14-8-9(15(16)17)13-4-12-8/h1-4,14H,(H,12,13). The molecule has 0 fully saturated rings. The molecule has 1 aromatic carbocycles. The van der Waals surface area contributed by atoms with Gasteiger partial charge in [0.25, 0.3) is 0 Å². The monoisotopic (exact) mass is 272 g/mol. The molecule has 0 unspecified atom stereocenters. The lowest BCUT2D eigenvalue weighted by Crippen LogP contribution is -1.96. The SMILES string of the molecule is O=[N+]([O-])c1[nH]cnc1Nc1cc(Cl)cc(Cl)c1. The first-order chi connectivity index (χ1) is 8.06. The number of anilines is 2. The molecule has 0 saturated carbocycles. The van der Waals surface area contributed by atoms with Crippen molar-refractivity contribution >= 4 is 40.5 Å². The topological polar surface area (TPSA) is 83.8 Å². The summed E-state index contributed by atoms with van der Waals surface area (Å²) in [4.78, 5) is 16.3. The zero-order chi connectivity index (χ0) is 12.4. The summed E-state index contributed by atoms with van der Waals surface area (Å²) < 4.78 is 0. The molecule has 1 heterocycles. The van der Waals surface area contributed by atoms with E-state index in [0.717, 1.165) is 0 Å². The maximum atomic E-state index is 10.6. The Morgan fingerprint density at radius 1 is 1.29 bits per heavy atom. The predicted octanol–water partition coefficient (Wildman–Crippen LogP) is 3.37. The van der Waals surface area contributed by atoms with Crippen molar-refractivity contribution in [3.8, 4) is 0 Å². The van der Waals surface area contributed by atoms with Gasteiger partial charge in [-0.3, -0.25) is 0 Å².